The Morgan fingerprint density at radius 3 is 2.84 bits per heavy atom. The van der Waals surface area contributed by atoms with Crippen LogP contribution in [0.5, 0.6) is 0 Å². The van der Waals surface area contributed by atoms with Gasteiger partial charge in [-0.15, -0.1) is 21.8 Å². The number of nitrogens with zero attached hydrogens (tertiary/aromatic N) is 4. The van der Waals surface area contributed by atoms with Crippen LogP contribution < -0.4 is 0 Å². The van der Waals surface area contributed by atoms with Gasteiger partial charge in [0.2, 0.25) is 5.65 Å². The van der Waals surface area contributed by atoms with E-state index >= 15 is 0 Å². The minimum atomic E-state index is -0.792. The molecule has 1 unspecified atom stereocenters. The van der Waals surface area contributed by atoms with Crippen LogP contribution in [0, 0.1) is 3.70 Å². The van der Waals surface area contributed by atoms with Crippen LogP contribution in [0.1, 0.15) is 12.0 Å². The van der Waals surface area contributed by atoms with Gasteiger partial charge in [0, 0.05) is 25.1 Å². The predicted molar refractivity (Wildman–Crippen MR) is 104 cm³/mol. The van der Waals surface area contributed by atoms with E-state index < -0.39 is 6.17 Å². The Kier molecular flexibility index (Phi) is 4.88. The summed E-state index contributed by atoms with van der Waals surface area (Å²) < 4.78 is 14.5. The van der Waals surface area contributed by atoms with Crippen molar-refractivity contribution in [3.05, 3.63) is 39.6 Å². The number of nitrogens with one attached hydrogen (secondary N) is 1. The Labute approximate surface area is 163 Å². The van der Waals surface area contributed by atoms with E-state index in [1.54, 1.807) is 0 Å². The molecule has 25 heavy (non-hydrogen) atoms. The van der Waals surface area contributed by atoms with Crippen molar-refractivity contribution in [1.29, 1.82) is 0 Å². The molecule has 1 fully saturated rings. The Balaban J connectivity index is 1.78. The van der Waals surface area contributed by atoms with E-state index in [4.69, 9.17) is 11.6 Å². The van der Waals surface area contributed by atoms with E-state index in [2.05, 4.69) is 43.0 Å². The quantitative estimate of drug-likeness (QED) is 0.357. The minimum absolute atomic E-state index is 0.290. The summed E-state index contributed by atoms with van der Waals surface area (Å²) in [5, 5.41) is 16.8. The first-order chi connectivity index (χ1) is 12.1. The van der Waals surface area contributed by atoms with Crippen molar-refractivity contribution in [3.63, 3.8) is 0 Å². The predicted octanol–water partition coefficient (Wildman–Crippen LogP) is 3.78. The third-order valence-electron chi connectivity index (χ3n) is 4.51. The third kappa shape index (κ3) is 3.37. The molecule has 8 heteroatoms. The average molecular weight is 472 g/mol. The lowest BCUT2D eigenvalue weighted by atomic mass is 10.0. The van der Waals surface area contributed by atoms with Gasteiger partial charge in [0.25, 0.3) is 0 Å². The van der Waals surface area contributed by atoms with Crippen molar-refractivity contribution in [1.82, 2.24) is 25.3 Å². The monoisotopic (exact) mass is 471 g/mol. The normalized spacial score (nSPS) is 19.6. The first kappa shape index (κ1) is 17.1. The zero-order chi connectivity index (χ0) is 17.4. The van der Waals surface area contributed by atoms with Crippen LogP contribution in [0.4, 0.5) is 4.39 Å². The summed E-state index contributed by atoms with van der Waals surface area (Å²) in [5.74, 6) is 0. The highest BCUT2D eigenvalue weighted by molar-refractivity contribution is 14.1. The van der Waals surface area contributed by atoms with Gasteiger partial charge in [-0.2, -0.15) is 5.10 Å². The number of H-pyrrole nitrogens is 1. The van der Waals surface area contributed by atoms with Gasteiger partial charge in [-0.3, -0.25) is 10.00 Å². The van der Waals surface area contributed by atoms with E-state index in [-0.39, 0.29) is 5.50 Å². The molecular formula is C17H16ClFIN5. The van der Waals surface area contributed by atoms with Gasteiger partial charge in [-0.1, -0.05) is 30.3 Å². The van der Waals surface area contributed by atoms with Crippen molar-refractivity contribution in [2.24, 2.45) is 0 Å². The summed E-state index contributed by atoms with van der Waals surface area (Å²) in [5.41, 5.74) is 3.07. The fraction of sp³-hybridized carbons (Fsp3) is 0.353. The van der Waals surface area contributed by atoms with Gasteiger partial charge in [-0.25, -0.2) is 4.39 Å². The second-order valence-corrected chi connectivity index (χ2v) is 7.73. The molecule has 3 aromatic rings. The molecule has 0 radical (unpaired) electrons. The molecule has 0 bridgehead atoms. The van der Waals surface area contributed by atoms with E-state index in [9.17, 15) is 4.39 Å². The van der Waals surface area contributed by atoms with Crippen LogP contribution in [0.2, 0.25) is 0 Å². The lowest BCUT2D eigenvalue weighted by Crippen LogP contribution is -2.31. The largest absolute Gasteiger partial charge is 0.284 e. The lowest BCUT2D eigenvalue weighted by Gasteiger charge is -2.22. The molecule has 1 aliphatic heterocycles. The van der Waals surface area contributed by atoms with Crippen molar-refractivity contribution < 1.29 is 4.39 Å². The Hall–Kier alpha value is -1.32. The fourth-order valence-corrected chi connectivity index (χ4v) is 4.27. The van der Waals surface area contributed by atoms with Crippen LogP contribution in [-0.2, 0) is 6.42 Å². The fourth-order valence-electron chi connectivity index (χ4n) is 3.25. The van der Waals surface area contributed by atoms with E-state index in [1.807, 2.05) is 35.2 Å². The number of fused-ring (bicyclic) bond motifs is 1. The smallest absolute Gasteiger partial charge is 0.204 e. The molecule has 1 aliphatic rings. The highest BCUT2D eigenvalue weighted by atomic mass is 127. The summed E-state index contributed by atoms with van der Waals surface area (Å²) in [6.07, 6.45) is 0.307. The SMILES string of the molecule is F[C@@H]1CCN(C(Cl)Cc2c(-c3ccccc3)nnc3n[nH]c(I)c23)C1. The highest BCUT2D eigenvalue weighted by Gasteiger charge is 2.29. The summed E-state index contributed by atoms with van der Waals surface area (Å²) in [4.78, 5) is 1.99. The second kappa shape index (κ2) is 7.13. The van der Waals surface area contributed by atoms with Gasteiger partial charge in [0.1, 0.15) is 9.87 Å². The molecule has 2 atom stereocenters. The number of hydrogen-bond donors (Lipinski definition) is 1. The topological polar surface area (TPSA) is 57.7 Å². The maximum atomic E-state index is 13.5. The molecule has 5 nitrogen and oxygen atoms in total. The Morgan fingerprint density at radius 2 is 2.12 bits per heavy atom. The maximum Gasteiger partial charge on any atom is 0.204 e. The van der Waals surface area contributed by atoms with Crippen molar-refractivity contribution in [3.8, 4) is 11.3 Å². The number of hydrogen-bond acceptors (Lipinski definition) is 4. The van der Waals surface area contributed by atoms with Crippen LogP contribution >= 0.6 is 34.2 Å². The van der Waals surface area contributed by atoms with E-state index in [0.29, 0.717) is 31.6 Å². The molecule has 3 heterocycles. The highest BCUT2D eigenvalue weighted by Crippen LogP contribution is 2.32. The van der Waals surface area contributed by atoms with Crippen molar-refractivity contribution in [2.45, 2.75) is 24.5 Å². The van der Waals surface area contributed by atoms with Crippen LogP contribution in [0.15, 0.2) is 30.3 Å². The number of aromatic amines is 1. The van der Waals surface area contributed by atoms with Crippen molar-refractivity contribution >= 4 is 45.2 Å². The number of rotatable bonds is 4. The maximum absolute atomic E-state index is 13.5. The zero-order valence-electron chi connectivity index (χ0n) is 13.3. The standard InChI is InChI=1S/C17H16ClFIN5/c18-13(25-7-6-11(19)9-25)8-12-14-16(20)22-24-17(14)23-21-15(12)10-4-2-1-3-5-10/h1-5,11,13H,6-9H2,(H,22,23,24)/t11-,13?/m1/s1. The van der Waals surface area contributed by atoms with Crippen LogP contribution in [0.25, 0.3) is 22.3 Å². The summed E-state index contributed by atoms with van der Waals surface area (Å²) in [6, 6.07) is 9.91. The molecule has 1 aromatic carbocycles. The van der Waals surface area contributed by atoms with Crippen LogP contribution in [0.3, 0.4) is 0 Å². The summed E-state index contributed by atoms with van der Waals surface area (Å²) in [7, 11) is 0. The molecule has 4 rings (SSSR count). The van der Waals surface area contributed by atoms with Gasteiger partial charge >= 0.3 is 0 Å². The van der Waals surface area contributed by atoms with Gasteiger partial charge in [0.05, 0.1) is 16.6 Å². The molecule has 1 saturated heterocycles. The number of aromatic nitrogens is 4. The molecular weight excluding hydrogens is 456 g/mol. The first-order valence-electron chi connectivity index (χ1n) is 8.10. The number of alkyl halides is 2. The third-order valence-corrected chi connectivity index (χ3v) is 5.72. The summed E-state index contributed by atoms with van der Waals surface area (Å²) in [6.45, 7) is 1.07. The molecule has 1 N–H and O–H groups in total. The molecule has 0 amide bonds. The van der Waals surface area contributed by atoms with Gasteiger partial charge in [-0.05, 0) is 34.6 Å². The molecule has 0 saturated carbocycles. The Bertz CT molecular complexity index is 887. The molecule has 0 spiro atoms. The van der Waals surface area contributed by atoms with E-state index in [1.165, 1.54) is 0 Å². The number of benzene rings is 1. The molecule has 130 valence electrons. The number of likely N-dealkylation sites (tertiary alicyclic amines) is 1. The molecule has 2 aromatic heterocycles. The van der Waals surface area contributed by atoms with Gasteiger partial charge < -0.3 is 0 Å². The van der Waals surface area contributed by atoms with Gasteiger partial charge in [0.15, 0.2) is 0 Å². The lowest BCUT2D eigenvalue weighted by molar-refractivity contribution is 0.270. The Morgan fingerprint density at radius 1 is 1.32 bits per heavy atom. The zero-order valence-corrected chi connectivity index (χ0v) is 16.2. The number of halogens is 3. The minimum Gasteiger partial charge on any atom is -0.284 e. The van der Waals surface area contributed by atoms with E-state index in [0.717, 1.165) is 25.9 Å². The molecule has 0 aliphatic carbocycles. The van der Waals surface area contributed by atoms with Crippen molar-refractivity contribution in [2.75, 3.05) is 13.1 Å². The first-order valence-corrected chi connectivity index (χ1v) is 9.61. The average Bonchev–Trinajstić information content (AvgIpc) is 3.22. The second-order valence-electron chi connectivity index (χ2n) is 6.15. The van der Waals surface area contributed by atoms with Crippen LogP contribution in [-0.4, -0.2) is 50.1 Å². The summed E-state index contributed by atoms with van der Waals surface area (Å²) >= 11 is 8.85.